The fourth-order valence-corrected chi connectivity index (χ4v) is 4.59. The zero-order chi connectivity index (χ0) is 16.5. The minimum absolute atomic E-state index is 0.0503. The highest BCUT2D eigenvalue weighted by Gasteiger charge is 2.42. The number of amides is 2. The smallest absolute Gasteiger partial charge is 0.264 e. The van der Waals surface area contributed by atoms with E-state index in [4.69, 9.17) is 4.74 Å². The van der Waals surface area contributed by atoms with E-state index < -0.39 is 0 Å². The predicted octanol–water partition coefficient (Wildman–Crippen LogP) is 2.28. The van der Waals surface area contributed by atoms with E-state index in [0.717, 1.165) is 30.9 Å². The summed E-state index contributed by atoms with van der Waals surface area (Å²) < 4.78 is 5.98. The molecule has 24 heavy (non-hydrogen) atoms. The van der Waals surface area contributed by atoms with E-state index in [0.29, 0.717) is 24.8 Å². The Balaban J connectivity index is 1.46. The van der Waals surface area contributed by atoms with Gasteiger partial charge in [0.15, 0.2) is 0 Å². The number of hydrogen-bond donors (Lipinski definition) is 1. The topological polar surface area (TPSA) is 58.6 Å². The van der Waals surface area contributed by atoms with Crippen molar-refractivity contribution < 1.29 is 14.3 Å². The van der Waals surface area contributed by atoms with Gasteiger partial charge in [0.05, 0.1) is 17.0 Å². The Morgan fingerprint density at radius 3 is 2.92 bits per heavy atom. The number of ether oxygens (including phenoxy) is 1. The van der Waals surface area contributed by atoms with Crippen molar-refractivity contribution >= 4 is 23.2 Å². The van der Waals surface area contributed by atoms with Crippen molar-refractivity contribution in [2.45, 2.75) is 44.2 Å². The molecule has 0 spiro atoms. The average Bonchev–Trinajstić information content (AvgIpc) is 3.23. The third-order valence-electron chi connectivity index (χ3n) is 5.30. The van der Waals surface area contributed by atoms with Crippen LogP contribution in [0.1, 0.15) is 41.8 Å². The first-order valence-electron chi connectivity index (χ1n) is 8.94. The first-order valence-corrected chi connectivity index (χ1v) is 9.82. The molecule has 0 unspecified atom stereocenters. The summed E-state index contributed by atoms with van der Waals surface area (Å²) in [6.07, 6.45) is 5.10. The molecule has 130 valence electrons. The van der Waals surface area contributed by atoms with Gasteiger partial charge in [-0.25, -0.2) is 0 Å². The molecule has 1 aliphatic carbocycles. The quantitative estimate of drug-likeness (QED) is 0.908. The highest BCUT2D eigenvalue weighted by atomic mass is 32.1. The second-order valence-electron chi connectivity index (χ2n) is 7.25. The Morgan fingerprint density at radius 2 is 2.17 bits per heavy atom. The van der Waals surface area contributed by atoms with Crippen LogP contribution in [0.25, 0.3) is 0 Å². The van der Waals surface area contributed by atoms with Gasteiger partial charge in [0.25, 0.3) is 5.91 Å². The van der Waals surface area contributed by atoms with Crippen LogP contribution in [-0.4, -0.2) is 48.6 Å². The fourth-order valence-electron chi connectivity index (χ4n) is 3.90. The first-order chi connectivity index (χ1) is 11.7. The summed E-state index contributed by atoms with van der Waals surface area (Å²) in [5.41, 5.74) is 0. The van der Waals surface area contributed by atoms with Crippen LogP contribution >= 0.6 is 11.3 Å². The van der Waals surface area contributed by atoms with Gasteiger partial charge in [-0.3, -0.25) is 9.59 Å². The zero-order valence-corrected chi connectivity index (χ0v) is 14.6. The molecule has 1 N–H and O–H groups in total. The monoisotopic (exact) mass is 348 g/mol. The number of nitrogens with zero attached hydrogens (tertiary/aromatic N) is 1. The van der Waals surface area contributed by atoms with Gasteiger partial charge in [-0.05, 0) is 43.0 Å². The Morgan fingerprint density at radius 1 is 1.29 bits per heavy atom. The maximum Gasteiger partial charge on any atom is 0.264 e. The number of fused-ring (bicyclic) bond motifs is 1. The number of likely N-dealkylation sites (tertiary alicyclic amines) is 1. The Kier molecular flexibility index (Phi) is 4.59. The molecule has 2 amide bonds. The normalized spacial score (nSPS) is 29.8. The number of nitrogens with one attached hydrogen (secondary N) is 1. The number of rotatable bonds is 4. The number of carbonyl (C=O) groups is 2. The summed E-state index contributed by atoms with van der Waals surface area (Å²) in [6, 6.07) is 3.69. The highest BCUT2D eigenvalue weighted by molar-refractivity contribution is 7.12. The Hall–Kier alpha value is -1.40. The molecule has 4 rings (SSSR count). The van der Waals surface area contributed by atoms with Crippen LogP contribution in [0.4, 0.5) is 0 Å². The molecule has 1 saturated carbocycles. The minimum Gasteiger partial charge on any atom is -0.376 e. The standard InChI is InChI=1S/C18H24N2O3S/c21-16(9-12-5-6-12)19-14-11-20(18(22)15-4-2-8-24-15)10-13-3-1-7-23-17(13)14/h2,4,8,12-14,17H,1,3,5-7,9-11H2,(H,19,21)/t13-,14+,17-/m0/s1. The van der Waals surface area contributed by atoms with E-state index in [-0.39, 0.29) is 24.0 Å². The summed E-state index contributed by atoms with van der Waals surface area (Å²) in [6.45, 7) is 2.04. The van der Waals surface area contributed by atoms with Gasteiger partial charge in [-0.15, -0.1) is 11.3 Å². The van der Waals surface area contributed by atoms with Crippen LogP contribution in [0.3, 0.4) is 0 Å². The van der Waals surface area contributed by atoms with Crippen molar-refractivity contribution in [1.82, 2.24) is 10.2 Å². The lowest BCUT2D eigenvalue weighted by Crippen LogP contribution is -2.62. The van der Waals surface area contributed by atoms with Gasteiger partial charge in [-0.2, -0.15) is 0 Å². The molecule has 0 aromatic carbocycles. The molecule has 1 aromatic heterocycles. The molecule has 3 atom stereocenters. The fraction of sp³-hybridized carbons (Fsp3) is 0.667. The van der Waals surface area contributed by atoms with E-state index in [2.05, 4.69) is 5.32 Å². The van der Waals surface area contributed by atoms with Crippen molar-refractivity contribution in [3.8, 4) is 0 Å². The van der Waals surface area contributed by atoms with Crippen LogP contribution in [0.5, 0.6) is 0 Å². The highest BCUT2D eigenvalue weighted by Crippen LogP contribution is 2.33. The molecule has 2 saturated heterocycles. The van der Waals surface area contributed by atoms with Crippen molar-refractivity contribution in [2.24, 2.45) is 11.8 Å². The lowest BCUT2D eigenvalue weighted by molar-refractivity contribution is -0.127. The molecule has 3 heterocycles. The first kappa shape index (κ1) is 16.1. The molecular weight excluding hydrogens is 324 g/mol. The maximum absolute atomic E-state index is 12.7. The Labute approximate surface area is 146 Å². The van der Waals surface area contributed by atoms with E-state index in [1.807, 2.05) is 22.4 Å². The third-order valence-corrected chi connectivity index (χ3v) is 6.16. The summed E-state index contributed by atoms with van der Waals surface area (Å²) in [5, 5.41) is 5.09. The molecule has 1 aromatic rings. The SMILES string of the molecule is O=C(CC1CC1)N[C@@H]1CN(C(=O)c2cccs2)C[C@@H]2CCCO[C@@H]21. The van der Waals surface area contributed by atoms with Crippen molar-refractivity contribution in [2.75, 3.05) is 19.7 Å². The Bertz CT molecular complexity index is 599. The molecule has 6 heteroatoms. The lowest BCUT2D eigenvalue weighted by atomic mass is 9.85. The number of thiophene rings is 1. The molecule has 0 bridgehead atoms. The van der Waals surface area contributed by atoms with Crippen molar-refractivity contribution in [3.05, 3.63) is 22.4 Å². The van der Waals surface area contributed by atoms with Gasteiger partial charge in [0, 0.05) is 32.0 Å². The second kappa shape index (κ2) is 6.84. The van der Waals surface area contributed by atoms with Crippen LogP contribution in [-0.2, 0) is 9.53 Å². The zero-order valence-electron chi connectivity index (χ0n) is 13.8. The summed E-state index contributed by atoms with van der Waals surface area (Å²) in [5.74, 6) is 1.08. The largest absolute Gasteiger partial charge is 0.376 e. The maximum atomic E-state index is 12.7. The summed E-state index contributed by atoms with van der Waals surface area (Å²) in [7, 11) is 0. The van der Waals surface area contributed by atoms with Gasteiger partial charge < -0.3 is 15.0 Å². The molecular formula is C18H24N2O3S. The van der Waals surface area contributed by atoms with E-state index >= 15 is 0 Å². The van der Waals surface area contributed by atoms with Gasteiger partial charge in [-0.1, -0.05) is 6.07 Å². The van der Waals surface area contributed by atoms with Crippen molar-refractivity contribution in [3.63, 3.8) is 0 Å². The van der Waals surface area contributed by atoms with Crippen LogP contribution in [0.15, 0.2) is 17.5 Å². The van der Waals surface area contributed by atoms with E-state index in [9.17, 15) is 9.59 Å². The molecule has 5 nitrogen and oxygen atoms in total. The molecule has 3 aliphatic rings. The second-order valence-corrected chi connectivity index (χ2v) is 8.19. The minimum atomic E-state index is -0.0841. The number of carbonyl (C=O) groups excluding carboxylic acids is 2. The van der Waals surface area contributed by atoms with Gasteiger partial charge in [0.2, 0.25) is 5.91 Å². The van der Waals surface area contributed by atoms with Gasteiger partial charge in [0.1, 0.15) is 0 Å². The predicted molar refractivity (Wildman–Crippen MR) is 92.0 cm³/mol. The number of piperidine rings is 1. The molecule has 0 radical (unpaired) electrons. The van der Waals surface area contributed by atoms with Gasteiger partial charge >= 0.3 is 0 Å². The average molecular weight is 348 g/mol. The third kappa shape index (κ3) is 3.49. The summed E-state index contributed by atoms with van der Waals surface area (Å²) >= 11 is 1.48. The van der Waals surface area contributed by atoms with Crippen LogP contribution in [0.2, 0.25) is 0 Å². The number of hydrogen-bond acceptors (Lipinski definition) is 4. The van der Waals surface area contributed by atoms with E-state index in [1.165, 1.54) is 24.2 Å². The van der Waals surface area contributed by atoms with Crippen LogP contribution < -0.4 is 5.32 Å². The molecule has 2 aliphatic heterocycles. The van der Waals surface area contributed by atoms with Crippen LogP contribution in [0, 0.1) is 11.8 Å². The lowest BCUT2D eigenvalue weighted by Gasteiger charge is -2.45. The van der Waals surface area contributed by atoms with Crippen molar-refractivity contribution in [1.29, 1.82) is 0 Å². The summed E-state index contributed by atoms with van der Waals surface area (Å²) in [4.78, 5) is 27.7. The van der Waals surface area contributed by atoms with E-state index in [1.54, 1.807) is 0 Å². The molecule has 3 fully saturated rings.